The van der Waals surface area contributed by atoms with Crippen LogP contribution in [0.2, 0.25) is 0 Å². The van der Waals surface area contributed by atoms with Gasteiger partial charge in [0.05, 0.1) is 11.4 Å². The molecular weight excluding hydrogens is 224 g/mol. The van der Waals surface area contributed by atoms with Crippen LogP contribution in [0, 0.1) is 13.8 Å². The fourth-order valence-electron chi connectivity index (χ4n) is 1.08. The van der Waals surface area contributed by atoms with Crippen molar-refractivity contribution >= 4 is 16.7 Å². The predicted octanol–water partition coefficient (Wildman–Crippen LogP) is 1.06. The maximum atomic E-state index is 11.1. The quantitative estimate of drug-likeness (QED) is 0.836. The van der Waals surface area contributed by atoms with Crippen LogP contribution in [-0.4, -0.2) is 37.4 Å². The Labute approximate surface area is 98.5 Å². The molecule has 6 heteroatoms. The average Bonchev–Trinajstić information content (AvgIpc) is 2.23. The second-order valence-corrected chi connectivity index (χ2v) is 5.63. The molecule has 0 aliphatic carbocycles. The largest absolute Gasteiger partial charge is 0.353 e. The summed E-state index contributed by atoms with van der Waals surface area (Å²) in [5.74, 6) is 0.539. The molecular formula is C10H18N4OS. The Kier molecular flexibility index (Phi) is 4.79. The molecule has 0 amide bonds. The molecule has 0 fully saturated rings. The zero-order valence-corrected chi connectivity index (χ0v) is 11.0. The summed E-state index contributed by atoms with van der Waals surface area (Å²) in [6, 6.07) is 0. The molecule has 1 heterocycles. The van der Waals surface area contributed by atoms with Crippen LogP contribution in [0.15, 0.2) is 0 Å². The number of aromatic nitrogens is 3. The number of aryl methyl sites for hydroxylation is 2. The smallest absolute Gasteiger partial charge is 0.242 e. The second-order valence-electron chi connectivity index (χ2n) is 3.83. The lowest BCUT2D eigenvalue weighted by Gasteiger charge is -2.09. The first kappa shape index (κ1) is 13.0. The van der Waals surface area contributed by atoms with E-state index in [4.69, 9.17) is 0 Å². The van der Waals surface area contributed by atoms with Crippen LogP contribution in [0.25, 0.3) is 0 Å². The van der Waals surface area contributed by atoms with Crippen molar-refractivity contribution in [1.29, 1.82) is 0 Å². The van der Waals surface area contributed by atoms with Gasteiger partial charge in [0, 0.05) is 28.9 Å². The van der Waals surface area contributed by atoms with Gasteiger partial charge in [-0.1, -0.05) is 6.92 Å². The van der Waals surface area contributed by atoms with Gasteiger partial charge in [0.2, 0.25) is 5.95 Å². The Balaban J connectivity index is 2.43. The summed E-state index contributed by atoms with van der Waals surface area (Å²) in [6.45, 7) is 6.46. The van der Waals surface area contributed by atoms with Crippen molar-refractivity contribution in [1.82, 2.24) is 15.2 Å². The van der Waals surface area contributed by atoms with E-state index in [9.17, 15) is 4.21 Å². The van der Waals surface area contributed by atoms with Crippen LogP contribution in [0.3, 0.4) is 0 Å². The molecule has 1 rings (SSSR count). The van der Waals surface area contributed by atoms with Gasteiger partial charge in [-0.2, -0.15) is 5.10 Å². The Bertz CT molecular complexity index is 383. The third kappa shape index (κ3) is 3.84. The lowest BCUT2D eigenvalue weighted by molar-refractivity contribution is 0.672. The van der Waals surface area contributed by atoms with E-state index in [1.165, 1.54) is 0 Å². The first-order valence-electron chi connectivity index (χ1n) is 5.24. The summed E-state index contributed by atoms with van der Waals surface area (Å²) in [5.41, 5.74) is 1.72. The third-order valence-corrected chi connectivity index (χ3v) is 3.86. The summed E-state index contributed by atoms with van der Waals surface area (Å²) >= 11 is 0. The van der Waals surface area contributed by atoms with E-state index in [0.29, 0.717) is 12.5 Å². The third-order valence-electron chi connectivity index (χ3n) is 2.49. The predicted molar refractivity (Wildman–Crippen MR) is 65.9 cm³/mol. The molecule has 2 unspecified atom stereocenters. The first-order chi connectivity index (χ1) is 7.50. The maximum Gasteiger partial charge on any atom is 0.242 e. The number of hydrogen-bond donors (Lipinski definition) is 1. The highest BCUT2D eigenvalue weighted by molar-refractivity contribution is 7.84. The standard InChI is InChI=1S/C10H18N4OS/c1-7(16(4)15)5-6-11-10-12-8(2)9(3)13-14-10/h7H,5-6H2,1-4H3,(H,11,12,14). The van der Waals surface area contributed by atoms with Gasteiger partial charge in [-0.3, -0.25) is 4.21 Å². The minimum Gasteiger partial charge on any atom is -0.353 e. The first-order valence-corrected chi connectivity index (χ1v) is 6.87. The fourth-order valence-corrected chi connectivity index (χ4v) is 1.53. The highest BCUT2D eigenvalue weighted by Crippen LogP contribution is 2.03. The summed E-state index contributed by atoms with van der Waals surface area (Å²) in [4.78, 5) is 4.25. The van der Waals surface area contributed by atoms with Crippen LogP contribution in [0.1, 0.15) is 24.7 Å². The minimum atomic E-state index is -0.773. The van der Waals surface area contributed by atoms with E-state index in [-0.39, 0.29) is 5.25 Å². The summed E-state index contributed by atoms with van der Waals surface area (Å²) in [7, 11) is -0.773. The van der Waals surface area contributed by atoms with E-state index in [1.807, 2.05) is 20.8 Å². The van der Waals surface area contributed by atoms with E-state index < -0.39 is 10.8 Å². The van der Waals surface area contributed by atoms with Crippen molar-refractivity contribution in [3.63, 3.8) is 0 Å². The van der Waals surface area contributed by atoms with E-state index in [2.05, 4.69) is 20.5 Å². The van der Waals surface area contributed by atoms with Gasteiger partial charge in [0.1, 0.15) is 0 Å². The molecule has 1 N–H and O–H groups in total. The van der Waals surface area contributed by atoms with E-state index >= 15 is 0 Å². The molecule has 90 valence electrons. The van der Waals surface area contributed by atoms with Crippen LogP contribution in [0.4, 0.5) is 5.95 Å². The lowest BCUT2D eigenvalue weighted by atomic mass is 10.3. The van der Waals surface area contributed by atoms with Gasteiger partial charge in [0.15, 0.2) is 0 Å². The van der Waals surface area contributed by atoms with Gasteiger partial charge in [0.25, 0.3) is 0 Å². The van der Waals surface area contributed by atoms with Gasteiger partial charge in [-0.15, -0.1) is 5.10 Å². The molecule has 0 aliphatic rings. The fraction of sp³-hybridized carbons (Fsp3) is 0.700. The molecule has 0 bridgehead atoms. The Morgan fingerprint density at radius 1 is 1.31 bits per heavy atom. The Morgan fingerprint density at radius 3 is 2.56 bits per heavy atom. The normalized spacial score (nSPS) is 14.5. The summed E-state index contributed by atoms with van der Waals surface area (Å²) in [6.07, 6.45) is 2.55. The van der Waals surface area contributed by atoms with Crippen LogP contribution < -0.4 is 5.32 Å². The zero-order chi connectivity index (χ0) is 12.1. The Hall–Kier alpha value is -1.04. The average molecular weight is 242 g/mol. The van der Waals surface area contributed by atoms with Gasteiger partial charge >= 0.3 is 0 Å². The molecule has 1 aromatic rings. The van der Waals surface area contributed by atoms with Crippen molar-refractivity contribution in [2.45, 2.75) is 32.4 Å². The van der Waals surface area contributed by atoms with Crippen LogP contribution in [-0.2, 0) is 10.8 Å². The lowest BCUT2D eigenvalue weighted by Crippen LogP contribution is -2.16. The molecule has 0 radical (unpaired) electrons. The topological polar surface area (TPSA) is 67.8 Å². The van der Waals surface area contributed by atoms with Crippen molar-refractivity contribution in [3.8, 4) is 0 Å². The van der Waals surface area contributed by atoms with Gasteiger partial charge in [-0.05, 0) is 20.3 Å². The van der Waals surface area contributed by atoms with Crippen LogP contribution in [0.5, 0.6) is 0 Å². The van der Waals surface area contributed by atoms with Crippen molar-refractivity contribution in [2.75, 3.05) is 18.1 Å². The molecule has 5 nitrogen and oxygen atoms in total. The van der Waals surface area contributed by atoms with Crippen molar-refractivity contribution in [2.24, 2.45) is 0 Å². The molecule has 0 aromatic carbocycles. The van der Waals surface area contributed by atoms with Gasteiger partial charge < -0.3 is 5.32 Å². The number of anilines is 1. The highest BCUT2D eigenvalue weighted by Gasteiger charge is 2.06. The number of hydrogen-bond acceptors (Lipinski definition) is 5. The van der Waals surface area contributed by atoms with Crippen molar-refractivity contribution < 1.29 is 4.21 Å². The van der Waals surface area contributed by atoms with Crippen LogP contribution >= 0.6 is 0 Å². The number of nitrogens with one attached hydrogen (secondary N) is 1. The van der Waals surface area contributed by atoms with E-state index in [0.717, 1.165) is 17.8 Å². The molecule has 0 saturated carbocycles. The minimum absolute atomic E-state index is 0.187. The zero-order valence-electron chi connectivity index (χ0n) is 10.1. The molecule has 0 aliphatic heterocycles. The SMILES string of the molecule is Cc1nnc(NCCC(C)S(C)=O)nc1C. The summed E-state index contributed by atoms with van der Waals surface area (Å²) < 4.78 is 11.1. The molecule has 1 aromatic heterocycles. The number of rotatable bonds is 5. The molecule has 2 atom stereocenters. The Morgan fingerprint density at radius 2 is 2.00 bits per heavy atom. The molecule has 16 heavy (non-hydrogen) atoms. The molecule has 0 saturated heterocycles. The van der Waals surface area contributed by atoms with Gasteiger partial charge in [-0.25, -0.2) is 4.98 Å². The summed E-state index contributed by atoms with van der Waals surface area (Å²) in [5, 5.41) is 11.2. The molecule has 0 spiro atoms. The second kappa shape index (κ2) is 5.89. The monoisotopic (exact) mass is 242 g/mol. The highest BCUT2D eigenvalue weighted by atomic mass is 32.2. The maximum absolute atomic E-state index is 11.1. The van der Waals surface area contributed by atoms with Crippen molar-refractivity contribution in [3.05, 3.63) is 11.4 Å². The van der Waals surface area contributed by atoms with E-state index in [1.54, 1.807) is 6.26 Å². The number of nitrogens with zero attached hydrogens (tertiary/aromatic N) is 3.